The lowest BCUT2D eigenvalue weighted by Crippen LogP contribution is -2.14. The van der Waals surface area contributed by atoms with Crippen molar-refractivity contribution in [3.63, 3.8) is 0 Å². The highest BCUT2D eigenvalue weighted by molar-refractivity contribution is 6.02. The van der Waals surface area contributed by atoms with Crippen LogP contribution in [0.2, 0.25) is 0 Å². The molecule has 0 saturated heterocycles. The Kier molecular flexibility index (Phi) is 2.93. The molecule has 0 aliphatic rings. The van der Waals surface area contributed by atoms with Gasteiger partial charge in [-0.15, -0.1) is 0 Å². The van der Waals surface area contributed by atoms with Crippen LogP contribution in [0.15, 0.2) is 60.9 Å². The molecular formula is C18H15N3O. The van der Waals surface area contributed by atoms with Crippen LogP contribution in [0.1, 0.15) is 5.56 Å². The molecule has 1 amide bonds. The number of fused-ring (bicyclic) bond motifs is 2. The Balaban J connectivity index is 1.59. The van der Waals surface area contributed by atoms with Gasteiger partial charge in [-0.3, -0.25) is 4.79 Å². The van der Waals surface area contributed by atoms with Gasteiger partial charge in [0, 0.05) is 28.7 Å². The van der Waals surface area contributed by atoms with E-state index in [1.165, 1.54) is 0 Å². The van der Waals surface area contributed by atoms with E-state index in [0.717, 1.165) is 33.1 Å². The predicted molar refractivity (Wildman–Crippen MR) is 88.9 cm³/mol. The molecule has 2 aromatic carbocycles. The summed E-state index contributed by atoms with van der Waals surface area (Å²) in [7, 11) is 0. The van der Waals surface area contributed by atoms with Gasteiger partial charge in [0.1, 0.15) is 0 Å². The maximum Gasteiger partial charge on any atom is 0.228 e. The van der Waals surface area contributed by atoms with Crippen LogP contribution in [0.25, 0.3) is 21.8 Å². The third-order valence-electron chi connectivity index (χ3n) is 3.89. The molecule has 3 N–H and O–H groups in total. The standard InChI is InChI=1S/C18H15N3O/c22-17(10-13-11-20-15-6-2-1-5-14(13)15)21-16-7-3-4-12-8-9-19-18(12)16/h1-9,11,19-20H,10H2,(H,21,22). The van der Waals surface area contributed by atoms with Gasteiger partial charge in [-0.1, -0.05) is 30.3 Å². The number of hydrogen-bond donors (Lipinski definition) is 3. The molecule has 2 aromatic heterocycles. The molecule has 0 saturated carbocycles. The molecule has 0 unspecified atom stereocenters. The van der Waals surface area contributed by atoms with Crippen molar-refractivity contribution < 1.29 is 4.79 Å². The van der Waals surface area contributed by atoms with E-state index in [-0.39, 0.29) is 5.91 Å². The fourth-order valence-electron chi connectivity index (χ4n) is 2.83. The van der Waals surface area contributed by atoms with Gasteiger partial charge in [0.25, 0.3) is 0 Å². The molecule has 4 aromatic rings. The normalized spacial score (nSPS) is 11.1. The highest BCUT2D eigenvalue weighted by Crippen LogP contribution is 2.23. The molecular weight excluding hydrogens is 274 g/mol. The largest absolute Gasteiger partial charge is 0.361 e. The van der Waals surface area contributed by atoms with Crippen molar-refractivity contribution in [3.05, 3.63) is 66.5 Å². The first-order chi connectivity index (χ1) is 10.8. The number of rotatable bonds is 3. The summed E-state index contributed by atoms with van der Waals surface area (Å²) in [5, 5.41) is 5.17. The van der Waals surface area contributed by atoms with Crippen LogP contribution in [0, 0.1) is 0 Å². The summed E-state index contributed by atoms with van der Waals surface area (Å²) >= 11 is 0. The number of benzene rings is 2. The summed E-state index contributed by atoms with van der Waals surface area (Å²) in [6, 6.07) is 15.9. The van der Waals surface area contributed by atoms with Gasteiger partial charge in [0.2, 0.25) is 5.91 Å². The number of H-pyrrole nitrogens is 2. The summed E-state index contributed by atoms with van der Waals surface area (Å²) in [6.07, 6.45) is 4.13. The number of hydrogen-bond acceptors (Lipinski definition) is 1. The lowest BCUT2D eigenvalue weighted by Gasteiger charge is -2.06. The van der Waals surface area contributed by atoms with E-state index < -0.39 is 0 Å². The minimum Gasteiger partial charge on any atom is -0.361 e. The Morgan fingerprint density at radius 1 is 1.00 bits per heavy atom. The summed E-state index contributed by atoms with van der Waals surface area (Å²) in [5.41, 5.74) is 3.82. The Morgan fingerprint density at radius 3 is 2.86 bits per heavy atom. The van der Waals surface area contributed by atoms with Crippen LogP contribution in [0.4, 0.5) is 5.69 Å². The van der Waals surface area contributed by atoms with Crippen LogP contribution in [0.3, 0.4) is 0 Å². The maximum absolute atomic E-state index is 12.4. The van der Waals surface area contributed by atoms with Gasteiger partial charge in [0.15, 0.2) is 0 Å². The van der Waals surface area contributed by atoms with Crippen molar-refractivity contribution >= 4 is 33.4 Å². The molecule has 22 heavy (non-hydrogen) atoms. The second kappa shape index (κ2) is 5.07. The van der Waals surface area contributed by atoms with Crippen LogP contribution in [-0.2, 0) is 11.2 Å². The second-order valence-corrected chi connectivity index (χ2v) is 5.33. The van der Waals surface area contributed by atoms with Crippen LogP contribution in [0.5, 0.6) is 0 Å². The van der Waals surface area contributed by atoms with Gasteiger partial charge >= 0.3 is 0 Å². The zero-order chi connectivity index (χ0) is 14.9. The number of anilines is 1. The number of carbonyl (C=O) groups excluding carboxylic acids is 1. The molecule has 4 rings (SSSR count). The van der Waals surface area contributed by atoms with Gasteiger partial charge in [-0.05, 0) is 23.8 Å². The van der Waals surface area contributed by atoms with E-state index in [1.807, 2.05) is 60.9 Å². The zero-order valence-corrected chi connectivity index (χ0v) is 11.9. The van der Waals surface area contributed by atoms with Gasteiger partial charge in [-0.2, -0.15) is 0 Å². The smallest absolute Gasteiger partial charge is 0.228 e. The van der Waals surface area contributed by atoms with Gasteiger partial charge < -0.3 is 15.3 Å². The minimum absolute atomic E-state index is 0.0214. The summed E-state index contributed by atoms with van der Waals surface area (Å²) < 4.78 is 0. The Morgan fingerprint density at radius 2 is 1.91 bits per heavy atom. The summed E-state index contributed by atoms with van der Waals surface area (Å²) in [4.78, 5) is 18.7. The van der Waals surface area contributed by atoms with E-state index >= 15 is 0 Å². The molecule has 4 heteroatoms. The van der Waals surface area contributed by atoms with Crippen LogP contribution < -0.4 is 5.32 Å². The van der Waals surface area contributed by atoms with Crippen molar-refractivity contribution in [2.45, 2.75) is 6.42 Å². The Bertz CT molecular complexity index is 964. The molecule has 0 bridgehead atoms. The molecule has 0 spiro atoms. The molecule has 0 aliphatic heterocycles. The van der Waals surface area contributed by atoms with E-state index in [4.69, 9.17) is 0 Å². The van der Waals surface area contributed by atoms with Crippen LogP contribution >= 0.6 is 0 Å². The fraction of sp³-hybridized carbons (Fsp3) is 0.0556. The number of aromatic amines is 2. The van der Waals surface area contributed by atoms with E-state index in [1.54, 1.807) is 0 Å². The average Bonchev–Trinajstić information content (AvgIpc) is 3.15. The molecule has 0 atom stereocenters. The quantitative estimate of drug-likeness (QED) is 0.527. The number of aromatic nitrogens is 2. The highest BCUT2D eigenvalue weighted by Gasteiger charge is 2.10. The molecule has 108 valence electrons. The first kappa shape index (κ1) is 12.7. The first-order valence-electron chi connectivity index (χ1n) is 7.22. The Hall–Kier alpha value is -3.01. The van der Waals surface area contributed by atoms with E-state index in [9.17, 15) is 4.79 Å². The number of amides is 1. The molecule has 0 radical (unpaired) electrons. The van der Waals surface area contributed by atoms with Crippen molar-refractivity contribution in [2.75, 3.05) is 5.32 Å². The summed E-state index contributed by atoms with van der Waals surface area (Å²) in [5.74, 6) is -0.0214. The van der Waals surface area contributed by atoms with Gasteiger partial charge in [-0.25, -0.2) is 0 Å². The third kappa shape index (κ3) is 2.15. The monoisotopic (exact) mass is 289 g/mol. The van der Waals surface area contributed by atoms with E-state index in [2.05, 4.69) is 15.3 Å². The number of para-hydroxylation sites is 2. The zero-order valence-electron chi connectivity index (χ0n) is 11.9. The molecule has 0 aliphatic carbocycles. The third-order valence-corrected chi connectivity index (χ3v) is 3.89. The van der Waals surface area contributed by atoms with Crippen molar-refractivity contribution in [3.8, 4) is 0 Å². The fourth-order valence-corrected chi connectivity index (χ4v) is 2.83. The van der Waals surface area contributed by atoms with Crippen molar-refractivity contribution in [1.29, 1.82) is 0 Å². The van der Waals surface area contributed by atoms with E-state index in [0.29, 0.717) is 6.42 Å². The average molecular weight is 289 g/mol. The first-order valence-corrected chi connectivity index (χ1v) is 7.22. The lowest BCUT2D eigenvalue weighted by molar-refractivity contribution is -0.115. The Labute approximate surface area is 127 Å². The van der Waals surface area contributed by atoms with Crippen LogP contribution in [-0.4, -0.2) is 15.9 Å². The summed E-state index contributed by atoms with van der Waals surface area (Å²) in [6.45, 7) is 0. The number of nitrogens with one attached hydrogen (secondary N) is 3. The minimum atomic E-state index is -0.0214. The SMILES string of the molecule is O=C(Cc1c[nH]c2ccccc12)Nc1cccc2cc[nH]c12. The predicted octanol–water partition coefficient (Wildman–Crippen LogP) is 3.83. The molecule has 2 heterocycles. The maximum atomic E-state index is 12.4. The van der Waals surface area contributed by atoms with Crippen molar-refractivity contribution in [1.82, 2.24) is 9.97 Å². The lowest BCUT2D eigenvalue weighted by atomic mass is 10.1. The van der Waals surface area contributed by atoms with Crippen molar-refractivity contribution in [2.24, 2.45) is 0 Å². The number of carbonyl (C=O) groups is 1. The van der Waals surface area contributed by atoms with Gasteiger partial charge in [0.05, 0.1) is 17.6 Å². The molecule has 0 fully saturated rings. The second-order valence-electron chi connectivity index (χ2n) is 5.33. The topological polar surface area (TPSA) is 60.7 Å². The molecule has 4 nitrogen and oxygen atoms in total. The highest BCUT2D eigenvalue weighted by atomic mass is 16.1.